The Labute approximate surface area is 133 Å². The molecule has 2 unspecified atom stereocenters. The molecule has 1 aromatic rings. The first-order valence-corrected chi connectivity index (χ1v) is 8.45. The van der Waals surface area contributed by atoms with Crippen LogP contribution in [-0.2, 0) is 11.8 Å². The number of halogens is 1. The van der Waals surface area contributed by atoms with Gasteiger partial charge in [-0.15, -0.1) is 0 Å². The van der Waals surface area contributed by atoms with E-state index in [1.807, 2.05) is 6.07 Å². The lowest BCUT2D eigenvalue weighted by Crippen LogP contribution is -2.53. The second-order valence-corrected chi connectivity index (χ2v) is 7.88. The lowest BCUT2D eigenvalue weighted by molar-refractivity contribution is 0.0792. The molecular formula is C18H26ClNO. The molecule has 1 aromatic carbocycles. The average molecular weight is 308 g/mol. The predicted octanol–water partition coefficient (Wildman–Crippen LogP) is 4.37. The number of nitrogens with zero attached hydrogens (tertiary/aromatic N) is 1. The average Bonchev–Trinajstić information content (AvgIpc) is 2.75. The van der Waals surface area contributed by atoms with E-state index in [9.17, 15) is 5.11 Å². The SMILES string of the molecule is CCCN1CCC2(C)C1Cc1c(ccc(Cl)c1O)C2(C)C. The van der Waals surface area contributed by atoms with Crippen LogP contribution >= 0.6 is 11.6 Å². The Morgan fingerprint density at radius 3 is 2.71 bits per heavy atom. The summed E-state index contributed by atoms with van der Waals surface area (Å²) in [5.41, 5.74) is 2.66. The Morgan fingerprint density at radius 2 is 2.05 bits per heavy atom. The van der Waals surface area contributed by atoms with Gasteiger partial charge in [0.05, 0.1) is 5.02 Å². The number of hydrogen-bond donors (Lipinski definition) is 1. The molecule has 0 spiro atoms. The van der Waals surface area contributed by atoms with Crippen LogP contribution in [0.4, 0.5) is 0 Å². The highest BCUT2D eigenvalue weighted by molar-refractivity contribution is 6.32. The number of hydrogen-bond acceptors (Lipinski definition) is 2. The van der Waals surface area contributed by atoms with Crippen LogP contribution in [0.5, 0.6) is 5.75 Å². The fourth-order valence-corrected chi connectivity index (χ4v) is 4.82. The van der Waals surface area contributed by atoms with Crippen LogP contribution in [0.2, 0.25) is 5.02 Å². The van der Waals surface area contributed by atoms with Crippen LogP contribution in [0.15, 0.2) is 12.1 Å². The molecular weight excluding hydrogens is 282 g/mol. The molecule has 1 fully saturated rings. The van der Waals surface area contributed by atoms with Crippen molar-refractivity contribution in [3.05, 3.63) is 28.3 Å². The number of benzene rings is 1. The molecule has 1 aliphatic carbocycles. The van der Waals surface area contributed by atoms with Crippen molar-refractivity contribution < 1.29 is 5.11 Å². The van der Waals surface area contributed by atoms with E-state index in [0.717, 1.165) is 18.5 Å². The summed E-state index contributed by atoms with van der Waals surface area (Å²) in [6, 6.07) is 4.48. The molecule has 0 aromatic heterocycles. The topological polar surface area (TPSA) is 23.5 Å². The maximum absolute atomic E-state index is 10.4. The number of phenolic OH excluding ortho intramolecular Hbond substituents is 1. The number of aromatic hydroxyl groups is 1. The quantitative estimate of drug-likeness (QED) is 0.877. The zero-order valence-corrected chi connectivity index (χ0v) is 14.3. The number of rotatable bonds is 2. The van der Waals surface area contributed by atoms with Crippen molar-refractivity contribution in [3.63, 3.8) is 0 Å². The maximum atomic E-state index is 10.4. The largest absolute Gasteiger partial charge is 0.506 e. The molecule has 21 heavy (non-hydrogen) atoms. The van der Waals surface area contributed by atoms with Gasteiger partial charge in [0.15, 0.2) is 0 Å². The Kier molecular flexibility index (Phi) is 3.53. The van der Waals surface area contributed by atoms with E-state index in [-0.39, 0.29) is 10.8 Å². The smallest absolute Gasteiger partial charge is 0.137 e. The van der Waals surface area contributed by atoms with Gasteiger partial charge in [-0.1, -0.05) is 45.4 Å². The minimum Gasteiger partial charge on any atom is -0.506 e. The van der Waals surface area contributed by atoms with Gasteiger partial charge in [0.2, 0.25) is 0 Å². The fourth-order valence-electron chi connectivity index (χ4n) is 4.64. The molecule has 1 N–H and O–H groups in total. The molecule has 2 nitrogen and oxygen atoms in total. The third-order valence-electron chi connectivity index (χ3n) is 6.34. The van der Waals surface area contributed by atoms with Crippen molar-refractivity contribution in [2.45, 2.75) is 58.4 Å². The summed E-state index contributed by atoms with van der Waals surface area (Å²) in [4.78, 5) is 2.62. The van der Waals surface area contributed by atoms with E-state index in [0.29, 0.717) is 16.8 Å². The predicted molar refractivity (Wildman–Crippen MR) is 88.2 cm³/mol. The van der Waals surface area contributed by atoms with Crippen LogP contribution in [-0.4, -0.2) is 29.1 Å². The van der Waals surface area contributed by atoms with Gasteiger partial charge in [0, 0.05) is 11.6 Å². The Balaban J connectivity index is 2.13. The number of fused-ring (bicyclic) bond motifs is 2. The van der Waals surface area contributed by atoms with Crippen molar-refractivity contribution in [1.29, 1.82) is 0 Å². The zero-order valence-electron chi connectivity index (χ0n) is 13.5. The molecule has 1 heterocycles. The van der Waals surface area contributed by atoms with E-state index in [2.05, 4.69) is 38.7 Å². The van der Waals surface area contributed by atoms with Gasteiger partial charge in [-0.2, -0.15) is 0 Å². The summed E-state index contributed by atoms with van der Waals surface area (Å²) in [5, 5.41) is 10.9. The van der Waals surface area contributed by atoms with Crippen LogP contribution in [0.3, 0.4) is 0 Å². The van der Waals surface area contributed by atoms with Gasteiger partial charge in [0.25, 0.3) is 0 Å². The Bertz CT molecular complexity index is 569. The van der Waals surface area contributed by atoms with Gasteiger partial charge in [-0.25, -0.2) is 0 Å². The van der Waals surface area contributed by atoms with Crippen molar-refractivity contribution in [2.75, 3.05) is 13.1 Å². The lowest BCUT2D eigenvalue weighted by Gasteiger charge is -2.52. The second kappa shape index (κ2) is 4.89. The van der Waals surface area contributed by atoms with Crippen molar-refractivity contribution >= 4 is 11.6 Å². The van der Waals surface area contributed by atoms with Crippen LogP contribution in [0.25, 0.3) is 0 Å². The van der Waals surface area contributed by atoms with Crippen molar-refractivity contribution in [2.24, 2.45) is 5.41 Å². The van der Waals surface area contributed by atoms with Crippen molar-refractivity contribution in [3.8, 4) is 5.75 Å². The van der Waals surface area contributed by atoms with Gasteiger partial charge in [0.1, 0.15) is 5.75 Å². The highest BCUT2D eigenvalue weighted by Gasteiger charge is 2.56. The molecule has 0 saturated carbocycles. The first-order valence-electron chi connectivity index (χ1n) is 8.08. The van der Waals surface area contributed by atoms with Gasteiger partial charge >= 0.3 is 0 Å². The second-order valence-electron chi connectivity index (χ2n) is 7.47. The van der Waals surface area contributed by atoms with Crippen LogP contribution < -0.4 is 0 Å². The van der Waals surface area contributed by atoms with Gasteiger partial charge in [-0.3, -0.25) is 4.90 Å². The molecule has 0 radical (unpaired) electrons. The summed E-state index contributed by atoms with van der Waals surface area (Å²) in [5.74, 6) is 0.299. The first kappa shape index (κ1) is 15.2. The van der Waals surface area contributed by atoms with E-state index in [1.54, 1.807) is 0 Å². The normalized spacial score (nSPS) is 31.0. The van der Waals surface area contributed by atoms with E-state index >= 15 is 0 Å². The molecule has 116 valence electrons. The first-order chi connectivity index (χ1) is 9.83. The fraction of sp³-hybridized carbons (Fsp3) is 0.667. The number of likely N-dealkylation sites (tertiary alicyclic amines) is 1. The minimum absolute atomic E-state index is 0.0514. The summed E-state index contributed by atoms with van der Waals surface area (Å²) < 4.78 is 0. The summed E-state index contributed by atoms with van der Waals surface area (Å²) in [6.45, 7) is 11.7. The van der Waals surface area contributed by atoms with Crippen molar-refractivity contribution in [1.82, 2.24) is 4.90 Å². The molecule has 2 atom stereocenters. The monoisotopic (exact) mass is 307 g/mol. The molecule has 3 heteroatoms. The molecule has 0 amide bonds. The van der Waals surface area contributed by atoms with Gasteiger partial charge < -0.3 is 5.11 Å². The Hall–Kier alpha value is -0.730. The van der Waals surface area contributed by atoms with Crippen LogP contribution in [0, 0.1) is 5.41 Å². The van der Waals surface area contributed by atoms with E-state index in [4.69, 9.17) is 11.6 Å². The summed E-state index contributed by atoms with van der Waals surface area (Å²) >= 11 is 6.15. The Morgan fingerprint density at radius 1 is 1.33 bits per heavy atom. The highest BCUT2D eigenvalue weighted by atomic mass is 35.5. The minimum atomic E-state index is 0.0514. The third kappa shape index (κ3) is 1.95. The molecule has 3 rings (SSSR count). The standard InChI is InChI=1S/C18H26ClNO/c1-5-9-20-10-8-18(4)15(20)11-12-13(17(18,2)3)6-7-14(19)16(12)21/h6-7,15,21H,5,8-11H2,1-4H3. The van der Waals surface area contributed by atoms with Crippen LogP contribution in [0.1, 0.15) is 51.7 Å². The zero-order chi connectivity index (χ0) is 15.4. The molecule has 0 bridgehead atoms. The molecule has 1 saturated heterocycles. The lowest BCUT2D eigenvalue weighted by atomic mass is 9.54. The van der Waals surface area contributed by atoms with Gasteiger partial charge in [-0.05, 0) is 54.8 Å². The van der Waals surface area contributed by atoms with E-state index in [1.165, 1.54) is 24.9 Å². The molecule has 2 aliphatic rings. The highest BCUT2D eigenvalue weighted by Crippen LogP contribution is 2.57. The third-order valence-corrected chi connectivity index (χ3v) is 6.64. The summed E-state index contributed by atoms with van der Waals surface area (Å²) in [6.07, 6.45) is 3.33. The van der Waals surface area contributed by atoms with E-state index < -0.39 is 0 Å². The maximum Gasteiger partial charge on any atom is 0.137 e. The number of phenols is 1. The summed E-state index contributed by atoms with van der Waals surface area (Å²) in [7, 11) is 0. The molecule has 1 aliphatic heterocycles.